The Balaban J connectivity index is 2.26. The first-order valence-corrected chi connectivity index (χ1v) is 7.64. The summed E-state index contributed by atoms with van der Waals surface area (Å²) in [6.45, 7) is 0. The first kappa shape index (κ1) is 14.0. The number of pyridine rings is 1. The van der Waals surface area contributed by atoms with Crippen LogP contribution in [0.5, 0.6) is 5.75 Å². The van der Waals surface area contributed by atoms with Crippen LogP contribution in [0.3, 0.4) is 0 Å². The van der Waals surface area contributed by atoms with E-state index in [1.807, 2.05) is 18.2 Å². The molecular formula is C13H13BrN2O2S. The molecule has 1 unspecified atom stereocenters. The third-order valence-corrected chi connectivity index (χ3v) is 4.67. The van der Waals surface area contributed by atoms with Gasteiger partial charge in [0.25, 0.3) is 0 Å². The normalized spacial score (nSPS) is 12.1. The first-order valence-electron chi connectivity index (χ1n) is 5.53. The van der Waals surface area contributed by atoms with Gasteiger partial charge in [-0.3, -0.25) is 4.21 Å². The Morgan fingerprint density at radius 2 is 2.21 bits per heavy atom. The summed E-state index contributed by atoms with van der Waals surface area (Å²) in [5, 5.41) is 0.414. The van der Waals surface area contributed by atoms with Crippen LogP contribution in [0, 0.1) is 0 Å². The minimum atomic E-state index is -1.29. The highest BCUT2D eigenvalue weighted by Crippen LogP contribution is 2.25. The third kappa shape index (κ3) is 3.33. The van der Waals surface area contributed by atoms with Gasteiger partial charge in [-0.25, -0.2) is 4.98 Å². The summed E-state index contributed by atoms with van der Waals surface area (Å²) in [6.07, 6.45) is 1.59. The van der Waals surface area contributed by atoms with Gasteiger partial charge in [-0.05, 0) is 35.9 Å². The first-order chi connectivity index (χ1) is 9.11. The fourth-order valence-corrected chi connectivity index (χ4v) is 3.33. The summed E-state index contributed by atoms with van der Waals surface area (Å²) >= 11 is 3.44. The number of nitrogens with zero attached hydrogens (tertiary/aromatic N) is 1. The Hall–Kier alpha value is -1.40. The van der Waals surface area contributed by atoms with Crippen molar-refractivity contribution in [2.45, 2.75) is 10.8 Å². The maximum atomic E-state index is 12.3. The van der Waals surface area contributed by atoms with Crippen molar-refractivity contribution in [1.82, 2.24) is 4.98 Å². The predicted octanol–water partition coefficient (Wildman–Crippen LogP) is 2.74. The van der Waals surface area contributed by atoms with Crippen LogP contribution in [0.15, 0.2) is 46.0 Å². The van der Waals surface area contributed by atoms with Crippen molar-refractivity contribution in [2.75, 3.05) is 12.8 Å². The van der Waals surface area contributed by atoms with Crippen molar-refractivity contribution in [3.05, 3.63) is 46.6 Å². The molecule has 2 rings (SSSR count). The maximum absolute atomic E-state index is 12.3. The number of ether oxygens (including phenoxy) is 1. The van der Waals surface area contributed by atoms with Gasteiger partial charge in [0, 0.05) is 10.7 Å². The Morgan fingerprint density at radius 1 is 1.42 bits per heavy atom. The Labute approximate surface area is 122 Å². The fourth-order valence-electron chi connectivity index (χ4n) is 1.59. The number of rotatable bonds is 4. The van der Waals surface area contributed by atoms with Crippen LogP contribution in [0.4, 0.5) is 5.69 Å². The lowest BCUT2D eigenvalue weighted by Gasteiger charge is -2.08. The van der Waals surface area contributed by atoms with Crippen molar-refractivity contribution in [1.29, 1.82) is 0 Å². The van der Waals surface area contributed by atoms with Crippen LogP contribution in [0.1, 0.15) is 5.56 Å². The Kier molecular flexibility index (Phi) is 4.55. The number of nitrogen functional groups attached to an aromatic ring is 1. The average Bonchev–Trinajstić information content (AvgIpc) is 2.41. The highest BCUT2D eigenvalue weighted by atomic mass is 79.9. The highest BCUT2D eigenvalue weighted by Gasteiger charge is 2.12. The molecule has 0 aliphatic carbocycles. The van der Waals surface area contributed by atoms with Gasteiger partial charge in [-0.15, -0.1) is 0 Å². The molecule has 0 radical (unpaired) electrons. The van der Waals surface area contributed by atoms with E-state index in [1.54, 1.807) is 25.4 Å². The predicted molar refractivity (Wildman–Crippen MR) is 79.5 cm³/mol. The van der Waals surface area contributed by atoms with E-state index in [2.05, 4.69) is 20.9 Å². The molecule has 0 bridgehead atoms. The van der Waals surface area contributed by atoms with Crippen molar-refractivity contribution >= 4 is 32.4 Å². The molecule has 1 heterocycles. The fraction of sp³-hybridized carbons (Fsp3) is 0.154. The van der Waals surface area contributed by atoms with Gasteiger partial charge in [0.15, 0.2) is 0 Å². The lowest BCUT2D eigenvalue weighted by Crippen LogP contribution is -2.03. The standard InChI is InChI=1S/C13H13BrN2O2S/c1-18-10-4-5-11(14)9(7-10)8-19(17)13-12(15)3-2-6-16-13/h2-7H,8,15H2,1H3. The zero-order valence-electron chi connectivity index (χ0n) is 10.3. The number of hydrogen-bond donors (Lipinski definition) is 1. The smallest absolute Gasteiger partial charge is 0.150 e. The minimum absolute atomic E-state index is 0.332. The summed E-state index contributed by atoms with van der Waals surface area (Å²) in [4.78, 5) is 4.07. The lowest BCUT2D eigenvalue weighted by molar-refractivity contribution is 0.414. The summed E-state index contributed by atoms with van der Waals surface area (Å²) in [6, 6.07) is 8.97. The van der Waals surface area contributed by atoms with E-state index in [1.165, 1.54) is 0 Å². The molecule has 2 aromatic rings. The van der Waals surface area contributed by atoms with Crippen LogP contribution in [-0.2, 0) is 16.6 Å². The molecule has 1 aromatic heterocycles. The molecule has 6 heteroatoms. The van der Waals surface area contributed by atoms with Crippen LogP contribution >= 0.6 is 15.9 Å². The number of benzene rings is 1. The van der Waals surface area contributed by atoms with Gasteiger partial charge in [0.2, 0.25) is 0 Å². The number of nitrogens with two attached hydrogens (primary N) is 1. The zero-order valence-corrected chi connectivity index (χ0v) is 12.7. The molecule has 1 aromatic carbocycles. The summed E-state index contributed by atoms with van der Waals surface area (Å²) in [5.41, 5.74) is 7.11. The van der Waals surface area contributed by atoms with Gasteiger partial charge < -0.3 is 10.5 Å². The topological polar surface area (TPSA) is 65.2 Å². The minimum Gasteiger partial charge on any atom is -0.497 e. The van der Waals surface area contributed by atoms with Gasteiger partial charge in [0.1, 0.15) is 10.8 Å². The quantitative estimate of drug-likeness (QED) is 0.929. The molecule has 0 fully saturated rings. The lowest BCUT2D eigenvalue weighted by atomic mass is 10.2. The molecule has 4 nitrogen and oxygen atoms in total. The molecule has 0 saturated heterocycles. The number of methoxy groups -OCH3 is 1. The summed E-state index contributed by atoms with van der Waals surface area (Å²) in [5.74, 6) is 1.06. The summed E-state index contributed by atoms with van der Waals surface area (Å²) < 4.78 is 18.3. The molecule has 0 aliphatic rings. The van der Waals surface area contributed by atoms with E-state index in [-0.39, 0.29) is 0 Å². The molecule has 0 spiro atoms. The van der Waals surface area contributed by atoms with Crippen molar-refractivity contribution in [3.8, 4) is 5.75 Å². The number of anilines is 1. The van der Waals surface area contributed by atoms with E-state index >= 15 is 0 Å². The molecule has 0 aliphatic heterocycles. The summed E-state index contributed by atoms with van der Waals surface area (Å²) in [7, 11) is 0.310. The highest BCUT2D eigenvalue weighted by molar-refractivity contribution is 9.10. The molecular weight excluding hydrogens is 328 g/mol. The van der Waals surface area contributed by atoms with Gasteiger partial charge >= 0.3 is 0 Å². The van der Waals surface area contributed by atoms with Crippen LogP contribution in [0.2, 0.25) is 0 Å². The van der Waals surface area contributed by atoms with E-state index in [0.717, 1.165) is 15.8 Å². The van der Waals surface area contributed by atoms with Crippen molar-refractivity contribution in [2.24, 2.45) is 0 Å². The van der Waals surface area contributed by atoms with Crippen LogP contribution < -0.4 is 10.5 Å². The molecule has 0 saturated carbocycles. The molecule has 1 atom stereocenters. The SMILES string of the molecule is COc1ccc(Br)c(CS(=O)c2ncccc2N)c1. The van der Waals surface area contributed by atoms with Gasteiger partial charge in [0.05, 0.1) is 29.3 Å². The Morgan fingerprint density at radius 3 is 2.89 bits per heavy atom. The molecule has 2 N–H and O–H groups in total. The van der Waals surface area contributed by atoms with E-state index in [0.29, 0.717) is 16.5 Å². The van der Waals surface area contributed by atoms with Gasteiger partial charge in [-0.1, -0.05) is 15.9 Å². The molecule has 0 amide bonds. The monoisotopic (exact) mass is 340 g/mol. The molecule has 19 heavy (non-hydrogen) atoms. The van der Waals surface area contributed by atoms with Crippen molar-refractivity contribution < 1.29 is 8.95 Å². The van der Waals surface area contributed by atoms with E-state index < -0.39 is 10.8 Å². The van der Waals surface area contributed by atoms with E-state index in [9.17, 15) is 4.21 Å². The average molecular weight is 341 g/mol. The second-order valence-electron chi connectivity index (χ2n) is 3.84. The molecule has 100 valence electrons. The largest absolute Gasteiger partial charge is 0.497 e. The second kappa shape index (κ2) is 6.16. The van der Waals surface area contributed by atoms with Crippen LogP contribution in [0.25, 0.3) is 0 Å². The third-order valence-electron chi connectivity index (χ3n) is 2.56. The maximum Gasteiger partial charge on any atom is 0.150 e. The van der Waals surface area contributed by atoms with E-state index in [4.69, 9.17) is 10.5 Å². The number of halogens is 1. The van der Waals surface area contributed by atoms with Crippen LogP contribution in [-0.4, -0.2) is 16.3 Å². The Bertz CT molecular complexity index is 619. The zero-order chi connectivity index (χ0) is 13.8. The number of aromatic nitrogens is 1. The second-order valence-corrected chi connectivity index (χ2v) is 6.07. The van der Waals surface area contributed by atoms with Crippen molar-refractivity contribution in [3.63, 3.8) is 0 Å². The number of hydrogen-bond acceptors (Lipinski definition) is 4. The van der Waals surface area contributed by atoms with Gasteiger partial charge in [-0.2, -0.15) is 0 Å².